The van der Waals surface area contributed by atoms with Gasteiger partial charge in [0.15, 0.2) is 0 Å². The number of halogens is 1. The van der Waals surface area contributed by atoms with E-state index in [2.05, 4.69) is 20.3 Å². The van der Waals surface area contributed by atoms with Crippen molar-refractivity contribution in [2.75, 3.05) is 11.9 Å². The van der Waals surface area contributed by atoms with Gasteiger partial charge in [0, 0.05) is 23.3 Å². The van der Waals surface area contributed by atoms with Crippen LogP contribution in [0.25, 0.3) is 10.2 Å². The summed E-state index contributed by atoms with van der Waals surface area (Å²) in [4.78, 5) is 30.3. The molecule has 1 aromatic carbocycles. The van der Waals surface area contributed by atoms with Gasteiger partial charge in [0.1, 0.15) is 29.3 Å². The first kappa shape index (κ1) is 32.8. The summed E-state index contributed by atoms with van der Waals surface area (Å²) in [6.07, 6.45) is 10.8. The van der Waals surface area contributed by atoms with Gasteiger partial charge in [-0.3, -0.25) is 9.78 Å². The number of hydrogen-bond acceptors (Lipinski definition) is 9. The van der Waals surface area contributed by atoms with E-state index in [0.717, 1.165) is 52.2 Å². The van der Waals surface area contributed by atoms with Crippen molar-refractivity contribution in [1.29, 1.82) is 0 Å². The molecule has 11 heteroatoms. The number of aliphatic hydroxyl groups is 2. The van der Waals surface area contributed by atoms with E-state index in [4.69, 9.17) is 16.3 Å². The SMILES string of the molecule is CC(O)CCCC(C/C=C/C(=O)N1CCc2c(sc3ncnc(Nc4ccc(OCc5ccccn5)c(Cl)c4)c23)C1)CC(C)O. The van der Waals surface area contributed by atoms with E-state index >= 15 is 0 Å². The fourth-order valence-corrected chi connectivity index (χ4v) is 7.10. The molecule has 9 nitrogen and oxygen atoms in total. The molecule has 0 saturated heterocycles. The van der Waals surface area contributed by atoms with Crippen LogP contribution >= 0.6 is 22.9 Å². The van der Waals surface area contributed by atoms with Crippen LogP contribution in [0.5, 0.6) is 5.75 Å². The molecule has 0 aliphatic carbocycles. The third-order valence-electron chi connectivity index (χ3n) is 7.88. The fraction of sp³-hybridized carbons (Fsp3) is 0.412. The number of ether oxygens (including phenoxy) is 1. The maximum absolute atomic E-state index is 13.1. The second kappa shape index (κ2) is 15.6. The number of aliphatic hydroxyl groups excluding tert-OH is 2. The van der Waals surface area contributed by atoms with Gasteiger partial charge in [-0.25, -0.2) is 9.97 Å². The highest BCUT2D eigenvalue weighted by molar-refractivity contribution is 7.19. The first-order valence-electron chi connectivity index (χ1n) is 15.4. The molecule has 238 valence electrons. The Morgan fingerprint density at radius 2 is 2.02 bits per heavy atom. The van der Waals surface area contributed by atoms with Crippen molar-refractivity contribution in [2.24, 2.45) is 5.92 Å². The van der Waals surface area contributed by atoms with Crippen molar-refractivity contribution >= 4 is 50.6 Å². The second-order valence-corrected chi connectivity index (χ2v) is 13.2. The summed E-state index contributed by atoms with van der Waals surface area (Å²) >= 11 is 8.14. The van der Waals surface area contributed by atoms with E-state index in [0.29, 0.717) is 49.1 Å². The molecule has 1 amide bonds. The monoisotopic (exact) mass is 649 g/mol. The van der Waals surface area contributed by atoms with Crippen LogP contribution in [0.1, 0.15) is 62.1 Å². The maximum atomic E-state index is 13.1. The van der Waals surface area contributed by atoms with E-state index in [-0.39, 0.29) is 17.9 Å². The Balaban J connectivity index is 1.22. The van der Waals surface area contributed by atoms with E-state index in [1.165, 1.54) is 5.56 Å². The Bertz CT molecular complexity index is 1610. The zero-order valence-electron chi connectivity index (χ0n) is 25.7. The summed E-state index contributed by atoms with van der Waals surface area (Å²) in [5.41, 5.74) is 2.77. The fourth-order valence-electron chi connectivity index (χ4n) is 5.66. The summed E-state index contributed by atoms with van der Waals surface area (Å²) in [5.74, 6) is 1.54. The van der Waals surface area contributed by atoms with E-state index in [9.17, 15) is 15.0 Å². The Hall–Kier alpha value is -3.57. The highest BCUT2D eigenvalue weighted by atomic mass is 35.5. The Morgan fingerprint density at radius 3 is 2.78 bits per heavy atom. The van der Waals surface area contributed by atoms with Crippen LogP contribution < -0.4 is 10.1 Å². The lowest BCUT2D eigenvalue weighted by Crippen LogP contribution is -2.34. The van der Waals surface area contributed by atoms with Crippen LogP contribution in [0.3, 0.4) is 0 Å². The van der Waals surface area contributed by atoms with E-state index < -0.39 is 6.10 Å². The summed E-state index contributed by atoms with van der Waals surface area (Å²) in [7, 11) is 0. The molecule has 0 spiro atoms. The molecule has 3 atom stereocenters. The standard InChI is InChI=1S/C34H40ClN5O4S/c1-22(41)7-5-8-24(17-23(2)42)9-6-11-31(43)40-16-14-27-30(19-40)45-34-32(27)33(37-21-38-34)39-25-12-13-29(28(35)18-25)44-20-26-10-3-4-15-36-26/h3-4,6,10-13,15,18,21-24,41-42H,5,7-9,14,16-17,19-20H2,1-2H3,(H,37,38,39)/b11-6+. The molecule has 3 unspecified atom stereocenters. The van der Waals surface area contributed by atoms with Gasteiger partial charge in [0.2, 0.25) is 5.91 Å². The Morgan fingerprint density at radius 1 is 1.16 bits per heavy atom. The number of thiophene rings is 1. The number of rotatable bonds is 14. The highest BCUT2D eigenvalue weighted by Crippen LogP contribution is 2.39. The highest BCUT2D eigenvalue weighted by Gasteiger charge is 2.26. The minimum atomic E-state index is -0.394. The first-order chi connectivity index (χ1) is 21.8. The molecule has 5 rings (SSSR count). The predicted molar refractivity (Wildman–Crippen MR) is 179 cm³/mol. The Labute approximate surface area is 273 Å². The van der Waals surface area contributed by atoms with Crippen molar-refractivity contribution < 1.29 is 19.7 Å². The van der Waals surface area contributed by atoms with Crippen LogP contribution in [0.2, 0.25) is 5.02 Å². The number of nitrogens with one attached hydrogen (secondary N) is 1. The van der Waals surface area contributed by atoms with Gasteiger partial charge in [0.05, 0.1) is 34.9 Å². The number of carbonyl (C=O) groups is 1. The molecule has 3 N–H and O–H groups in total. The number of amides is 1. The van der Waals surface area contributed by atoms with Crippen molar-refractivity contribution in [3.8, 4) is 5.75 Å². The molecule has 0 saturated carbocycles. The molecule has 4 aromatic rings. The topological polar surface area (TPSA) is 121 Å². The van der Waals surface area contributed by atoms with Gasteiger partial charge in [-0.05, 0) is 93.8 Å². The van der Waals surface area contributed by atoms with Crippen molar-refractivity contribution in [3.05, 3.63) is 82.2 Å². The third kappa shape index (κ3) is 9.00. The van der Waals surface area contributed by atoms with Gasteiger partial charge in [0.25, 0.3) is 0 Å². The maximum Gasteiger partial charge on any atom is 0.246 e. The quantitative estimate of drug-likeness (QED) is 0.127. The van der Waals surface area contributed by atoms with Crippen LogP contribution in [-0.2, 0) is 24.4 Å². The zero-order valence-corrected chi connectivity index (χ0v) is 27.2. The number of hydrogen-bond donors (Lipinski definition) is 3. The van der Waals surface area contributed by atoms with Crippen LogP contribution in [0, 0.1) is 5.92 Å². The summed E-state index contributed by atoms with van der Waals surface area (Å²) in [6.45, 7) is 5.05. The van der Waals surface area contributed by atoms with E-state index in [1.807, 2.05) is 47.4 Å². The normalized spacial score (nSPS) is 15.2. The zero-order chi connectivity index (χ0) is 31.8. The molecule has 45 heavy (non-hydrogen) atoms. The molecule has 0 fully saturated rings. The molecule has 1 aliphatic heterocycles. The molecule has 4 heterocycles. The number of nitrogens with zero attached hydrogens (tertiary/aromatic N) is 4. The van der Waals surface area contributed by atoms with Crippen LogP contribution in [0.4, 0.5) is 11.5 Å². The largest absolute Gasteiger partial charge is 0.486 e. The number of allylic oxidation sites excluding steroid dienone is 1. The van der Waals surface area contributed by atoms with Gasteiger partial charge < -0.3 is 25.2 Å². The lowest BCUT2D eigenvalue weighted by Gasteiger charge is -2.26. The Kier molecular flexibility index (Phi) is 11.4. The van der Waals surface area contributed by atoms with Gasteiger partial charge in [-0.2, -0.15) is 0 Å². The number of benzene rings is 1. The molecule has 0 radical (unpaired) electrons. The lowest BCUT2D eigenvalue weighted by atomic mass is 9.92. The van der Waals surface area contributed by atoms with Gasteiger partial charge in [-0.15, -0.1) is 11.3 Å². The smallest absolute Gasteiger partial charge is 0.246 e. The van der Waals surface area contributed by atoms with Crippen molar-refractivity contribution in [2.45, 2.75) is 77.7 Å². The van der Waals surface area contributed by atoms with Crippen molar-refractivity contribution in [3.63, 3.8) is 0 Å². The van der Waals surface area contributed by atoms with Crippen molar-refractivity contribution in [1.82, 2.24) is 19.9 Å². The van der Waals surface area contributed by atoms with Gasteiger partial charge >= 0.3 is 0 Å². The van der Waals surface area contributed by atoms with E-state index in [1.54, 1.807) is 43.8 Å². The second-order valence-electron chi connectivity index (χ2n) is 11.7. The number of anilines is 2. The molecular formula is C34H40ClN5O4S. The van der Waals surface area contributed by atoms with Gasteiger partial charge in [-0.1, -0.05) is 30.2 Å². The first-order valence-corrected chi connectivity index (χ1v) is 16.6. The lowest BCUT2D eigenvalue weighted by molar-refractivity contribution is -0.126. The molecule has 3 aromatic heterocycles. The molecule has 1 aliphatic rings. The summed E-state index contributed by atoms with van der Waals surface area (Å²) < 4.78 is 5.86. The number of fused-ring (bicyclic) bond motifs is 3. The number of aromatic nitrogens is 3. The minimum absolute atomic E-state index is 0.0117. The average molecular weight is 650 g/mol. The molecule has 0 bridgehead atoms. The average Bonchev–Trinajstić information content (AvgIpc) is 3.39. The molecular weight excluding hydrogens is 610 g/mol. The van der Waals surface area contributed by atoms with Crippen LogP contribution in [-0.4, -0.2) is 54.7 Å². The third-order valence-corrected chi connectivity index (χ3v) is 9.30. The number of carbonyl (C=O) groups excluding carboxylic acids is 1. The van der Waals surface area contributed by atoms with Crippen LogP contribution in [0.15, 0.2) is 61.1 Å². The number of pyridine rings is 1. The minimum Gasteiger partial charge on any atom is -0.486 e. The summed E-state index contributed by atoms with van der Waals surface area (Å²) in [6, 6.07) is 11.2. The predicted octanol–water partition coefficient (Wildman–Crippen LogP) is 6.83. The summed E-state index contributed by atoms with van der Waals surface area (Å²) in [5, 5.41) is 24.3.